The third-order valence-corrected chi connectivity index (χ3v) is 5.47. The maximum Gasteiger partial charge on any atom is 0.255 e. The zero-order valence-corrected chi connectivity index (χ0v) is 17.8. The molecule has 7 heteroatoms. The molecule has 1 aliphatic rings. The Morgan fingerprint density at radius 2 is 1.59 bits per heavy atom. The normalized spacial score (nSPS) is 13.6. The lowest BCUT2D eigenvalue weighted by atomic mass is 10.1. The Balaban J connectivity index is 1.40. The van der Waals surface area contributed by atoms with Crippen LogP contribution in [0, 0.1) is 5.82 Å². The zero-order chi connectivity index (χ0) is 22.5. The first-order valence-electron chi connectivity index (χ1n) is 10.4. The number of carbonyl (C=O) groups excluding carboxylic acids is 2. The van der Waals surface area contributed by atoms with E-state index in [4.69, 9.17) is 4.74 Å². The van der Waals surface area contributed by atoms with Gasteiger partial charge in [0.2, 0.25) is 0 Å². The molecule has 0 spiro atoms. The van der Waals surface area contributed by atoms with E-state index in [9.17, 15) is 14.0 Å². The van der Waals surface area contributed by atoms with Gasteiger partial charge in [0.15, 0.2) is 0 Å². The molecule has 4 rings (SSSR count). The van der Waals surface area contributed by atoms with Gasteiger partial charge in [-0.25, -0.2) is 4.39 Å². The molecule has 0 atom stereocenters. The van der Waals surface area contributed by atoms with Gasteiger partial charge in [-0.2, -0.15) is 0 Å². The van der Waals surface area contributed by atoms with Crippen molar-refractivity contribution >= 4 is 23.2 Å². The first-order chi connectivity index (χ1) is 15.5. The number of carbonyl (C=O) groups is 2. The van der Waals surface area contributed by atoms with Gasteiger partial charge < -0.3 is 19.9 Å². The Morgan fingerprint density at radius 1 is 0.875 bits per heavy atom. The van der Waals surface area contributed by atoms with E-state index < -0.39 is 5.82 Å². The van der Waals surface area contributed by atoms with Crippen LogP contribution < -0.4 is 15.0 Å². The molecular weight excluding hydrogens is 409 g/mol. The monoisotopic (exact) mass is 433 g/mol. The van der Waals surface area contributed by atoms with Gasteiger partial charge in [-0.3, -0.25) is 9.59 Å². The Hall–Kier alpha value is -3.87. The second-order valence-corrected chi connectivity index (χ2v) is 7.49. The van der Waals surface area contributed by atoms with Gasteiger partial charge in [0.05, 0.1) is 12.8 Å². The fourth-order valence-corrected chi connectivity index (χ4v) is 3.76. The third-order valence-electron chi connectivity index (χ3n) is 5.47. The number of nitrogens with zero attached hydrogens (tertiary/aromatic N) is 2. The van der Waals surface area contributed by atoms with E-state index >= 15 is 0 Å². The Morgan fingerprint density at radius 3 is 2.31 bits per heavy atom. The van der Waals surface area contributed by atoms with Crippen molar-refractivity contribution in [2.75, 3.05) is 43.5 Å². The number of ether oxygens (including phenoxy) is 1. The first kappa shape index (κ1) is 21.4. The lowest BCUT2D eigenvalue weighted by Gasteiger charge is -2.36. The third kappa shape index (κ3) is 4.72. The van der Waals surface area contributed by atoms with E-state index in [0.717, 1.165) is 11.4 Å². The number of anilines is 2. The molecule has 6 nitrogen and oxygen atoms in total. The van der Waals surface area contributed by atoms with Gasteiger partial charge in [0.25, 0.3) is 11.8 Å². The number of benzene rings is 3. The SMILES string of the molecule is COc1ccccc1N1CCN(C(=O)c2cccc(NC(=O)c3ccc(F)cc3)c2)CC1. The van der Waals surface area contributed by atoms with Crippen molar-refractivity contribution in [3.8, 4) is 5.75 Å². The highest BCUT2D eigenvalue weighted by Gasteiger charge is 2.24. The first-order valence-corrected chi connectivity index (χ1v) is 10.4. The second kappa shape index (κ2) is 9.51. The number of halogens is 1. The van der Waals surface area contributed by atoms with Crippen LogP contribution in [0.25, 0.3) is 0 Å². The summed E-state index contributed by atoms with van der Waals surface area (Å²) in [7, 11) is 1.65. The van der Waals surface area contributed by atoms with Crippen molar-refractivity contribution in [2.45, 2.75) is 0 Å². The van der Waals surface area contributed by atoms with Gasteiger partial charge in [-0.1, -0.05) is 18.2 Å². The molecule has 0 bridgehead atoms. The van der Waals surface area contributed by atoms with Crippen molar-refractivity contribution in [2.24, 2.45) is 0 Å². The van der Waals surface area contributed by atoms with Crippen molar-refractivity contribution < 1.29 is 18.7 Å². The average Bonchev–Trinajstić information content (AvgIpc) is 2.84. The molecule has 0 aliphatic carbocycles. The zero-order valence-electron chi connectivity index (χ0n) is 17.8. The van der Waals surface area contributed by atoms with Crippen LogP contribution in [0.2, 0.25) is 0 Å². The van der Waals surface area contributed by atoms with E-state index in [1.807, 2.05) is 29.2 Å². The minimum Gasteiger partial charge on any atom is -0.495 e. The molecule has 1 fully saturated rings. The van der Waals surface area contributed by atoms with E-state index in [1.165, 1.54) is 24.3 Å². The van der Waals surface area contributed by atoms with Gasteiger partial charge in [0, 0.05) is 43.0 Å². The molecule has 0 radical (unpaired) electrons. The predicted octanol–water partition coefficient (Wildman–Crippen LogP) is 4.05. The molecule has 164 valence electrons. The number of hydrogen-bond donors (Lipinski definition) is 1. The molecule has 0 aromatic heterocycles. The molecule has 2 amide bonds. The highest BCUT2D eigenvalue weighted by Crippen LogP contribution is 2.28. The lowest BCUT2D eigenvalue weighted by molar-refractivity contribution is 0.0746. The van der Waals surface area contributed by atoms with Crippen molar-refractivity contribution in [1.29, 1.82) is 0 Å². The van der Waals surface area contributed by atoms with E-state index in [2.05, 4.69) is 10.2 Å². The molecule has 32 heavy (non-hydrogen) atoms. The van der Waals surface area contributed by atoms with E-state index in [-0.39, 0.29) is 11.8 Å². The average molecular weight is 433 g/mol. The summed E-state index contributed by atoms with van der Waals surface area (Å²) < 4.78 is 18.5. The van der Waals surface area contributed by atoms with Crippen LogP contribution in [-0.4, -0.2) is 50.0 Å². The summed E-state index contributed by atoms with van der Waals surface area (Å²) in [6, 6.07) is 20.0. The lowest BCUT2D eigenvalue weighted by Crippen LogP contribution is -2.48. The van der Waals surface area contributed by atoms with E-state index in [0.29, 0.717) is 43.0 Å². The smallest absolute Gasteiger partial charge is 0.255 e. The summed E-state index contributed by atoms with van der Waals surface area (Å²) in [6.07, 6.45) is 0. The van der Waals surface area contributed by atoms with Crippen LogP contribution >= 0.6 is 0 Å². The highest BCUT2D eigenvalue weighted by molar-refractivity contribution is 6.05. The summed E-state index contributed by atoms with van der Waals surface area (Å²) in [4.78, 5) is 29.4. The molecule has 1 saturated heterocycles. The highest BCUT2D eigenvalue weighted by atomic mass is 19.1. The summed E-state index contributed by atoms with van der Waals surface area (Å²) in [6.45, 7) is 2.58. The summed E-state index contributed by atoms with van der Waals surface area (Å²) in [5.74, 6) is -0.0283. The molecule has 3 aromatic carbocycles. The Labute approximate surface area is 186 Å². The van der Waals surface area contributed by atoms with Crippen molar-refractivity contribution in [3.63, 3.8) is 0 Å². The molecule has 3 aromatic rings. The predicted molar refractivity (Wildman–Crippen MR) is 122 cm³/mol. The summed E-state index contributed by atoms with van der Waals surface area (Å²) in [5.41, 5.74) is 2.38. The molecule has 0 saturated carbocycles. The van der Waals surface area contributed by atoms with Gasteiger partial charge in [-0.05, 0) is 54.6 Å². The molecule has 1 N–H and O–H groups in total. The largest absolute Gasteiger partial charge is 0.495 e. The van der Waals surface area contributed by atoms with Crippen LogP contribution in [0.1, 0.15) is 20.7 Å². The van der Waals surface area contributed by atoms with Crippen LogP contribution in [0.4, 0.5) is 15.8 Å². The van der Waals surface area contributed by atoms with Gasteiger partial charge in [0.1, 0.15) is 11.6 Å². The standard InChI is InChI=1S/C25H24FN3O3/c1-32-23-8-3-2-7-22(23)28-13-15-29(16-14-28)25(31)19-5-4-6-21(17-19)27-24(30)18-9-11-20(26)12-10-18/h2-12,17H,13-16H2,1H3,(H,27,30). The van der Waals surface area contributed by atoms with Gasteiger partial charge >= 0.3 is 0 Å². The number of piperazine rings is 1. The fraction of sp³-hybridized carbons (Fsp3) is 0.200. The minimum absolute atomic E-state index is 0.0810. The van der Waals surface area contributed by atoms with Crippen LogP contribution in [0.5, 0.6) is 5.75 Å². The van der Waals surface area contributed by atoms with E-state index in [1.54, 1.807) is 31.4 Å². The molecule has 1 heterocycles. The van der Waals surface area contributed by atoms with Crippen LogP contribution in [0.15, 0.2) is 72.8 Å². The molecule has 1 aliphatic heterocycles. The summed E-state index contributed by atoms with van der Waals surface area (Å²) >= 11 is 0. The quantitative estimate of drug-likeness (QED) is 0.660. The fourth-order valence-electron chi connectivity index (χ4n) is 3.76. The van der Waals surface area contributed by atoms with Crippen LogP contribution in [-0.2, 0) is 0 Å². The second-order valence-electron chi connectivity index (χ2n) is 7.49. The Bertz CT molecular complexity index is 1110. The number of rotatable bonds is 5. The summed E-state index contributed by atoms with van der Waals surface area (Å²) in [5, 5.41) is 2.76. The van der Waals surface area contributed by atoms with Crippen molar-refractivity contribution in [1.82, 2.24) is 4.90 Å². The number of methoxy groups -OCH3 is 1. The number of nitrogens with one attached hydrogen (secondary N) is 1. The minimum atomic E-state index is -0.403. The molecular formula is C25H24FN3O3. The Kier molecular flexibility index (Phi) is 6.35. The van der Waals surface area contributed by atoms with Gasteiger partial charge in [-0.15, -0.1) is 0 Å². The maximum atomic E-state index is 13.1. The van der Waals surface area contributed by atoms with Crippen LogP contribution in [0.3, 0.4) is 0 Å². The molecule has 0 unspecified atom stereocenters. The number of para-hydroxylation sites is 2. The maximum absolute atomic E-state index is 13.1. The number of hydrogen-bond acceptors (Lipinski definition) is 4. The van der Waals surface area contributed by atoms with Crippen molar-refractivity contribution in [3.05, 3.63) is 89.7 Å². The number of amides is 2. The topological polar surface area (TPSA) is 61.9 Å².